The normalized spacial score (nSPS) is 33.4. The molecule has 0 bridgehead atoms. The lowest BCUT2D eigenvalue weighted by atomic mass is 10.0. The average Bonchev–Trinajstić information content (AvgIpc) is 2.83. The molecule has 17 heavy (non-hydrogen) atoms. The SMILES string of the molecule is O=C1C[C@H]2CC[C@H]3Oc4cc(Cl)ccc4N1[C@@H]23. The number of ether oxygens (including phenoxy) is 1. The van der Waals surface area contributed by atoms with Crippen LogP contribution in [-0.4, -0.2) is 18.1 Å². The lowest BCUT2D eigenvalue weighted by Gasteiger charge is -2.36. The molecular weight excluding hydrogens is 238 g/mol. The molecule has 0 aromatic heterocycles. The standard InChI is InChI=1S/C13H12ClNO2/c14-8-2-3-9-11(6-8)17-10-4-1-7-5-12(16)15(9)13(7)10/h2-3,6-7,10,13H,1,4-5H2/t7-,10-,13+/m1/s1. The molecule has 1 aromatic rings. The van der Waals surface area contributed by atoms with Gasteiger partial charge in [0, 0.05) is 17.5 Å². The number of halogens is 1. The highest BCUT2D eigenvalue weighted by molar-refractivity contribution is 6.30. The van der Waals surface area contributed by atoms with E-state index in [1.807, 2.05) is 23.1 Å². The fourth-order valence-corrected chi connectivity index (χ4v) is 3.64. The molecule has 0 spiro atoms. The van der Waals surface area contributed by atoms with E-state index in [1.54, 1.807) is 0 Å². The summed E-state index contributed by atoms with van der Waals surface area (Å²) in [6.45, 7) is 0. The molecule has 4 rings (SSSR count). The molecule has 1 amide bonds. The van der Waals surface area contributed by atoms with Gasteiger partial charge >= 0.3 is 0 Å². The smallest absolute Gasteiger partial charge is 0.227 e. The molecule has 88 valence electrons. The van der Waals surface area contributed by atoms with E-state index in [0.29, 0.717) is 17.4 Å². The second-order valence-electron chi connectivity index (χ2n) is 5.06. The first-order valence-electron chi connectivity index (χ1n) is 6.02. The molecule has 4 heteroatoms. The van der Waals surface area contributed by atoms with Crippen LogP contribution in [0.1, 0.15) is 19.3 Å². The summed E-state index contributed by atoms with van der Waals surface area (Å²) in [6.07, 6.45) is 2.98. The van der Waals surface area contributed by atoms with Gasteiger partial charge in [0.05, 0.1) is 11.7 Å². The second kappa shape index (κ2) is 3.16. The highest BCUT2D eigenvalue weighted by Gasteiger charge is 2.52. The molecule has 1 saturated heterocycles. The summed E-state index contributed by atoms with van der Waals surface area (Å²) in [7, 11) is 0. The minimum Gasteiger partial charge on any atom is -0.486 e. The lowest BCUT2D eigenvalue weighted by Crippen LogP contribution is -2.46. The maximum atomic E-state index is 12.1. The zero-order valence-corrected chi connectivity index (χ0v) is 9.98. The van der Waals surface area contributed by atoms with Crippen molar-refractivity contribution in [1.82, 2.24) is 0 Å². The first-order valence-corrected chi connectivity index (χ1v) is 6.40. The van der Waals surface area contributed by atoms with Gasteiger partial charge in [-0.3, -0.25) is 4.79 Å². The molecule has 3 atom stereocenters. The molecule has 2 fully saturated rings. The van der Waals surface area contributed by atoms with E-state index < -0.39 is 0 Å². The van der Waals surface area contributed by atoms with Crippen LogP contribution in [0.3, 0.4) is 0 Å². The van der Waals surface area contributed by atoms with Gasteiger partial charge in [0.1, 0.15) is 11.9 Å². The van der Waals surface area contributed by atoms with Gasteiger partial charge in [-0.1, -0.05) is 11.6 Å². The van der Waals surface area contributed by atoms with Crippen LogP contribution in [0.2, 0.25) is 5.02 Å². The number of anilines is 1. The fraction of sp³-hybridized carbons (Fsp3) is 0.462. The van der Waals surface area contributed by atoms with Gasteiger partial charge < -0.3 is 9.64 Å². The highest BCUT2D eigenvalue weighted by atomic mass is 35.5. The first-order chi connectivity index (χ1) is 8.24. The van der Waals surface area contributed by atoms with Crippen molar-refractivity contribution in [2.45, 2.75) is 31.4 Å². The van der Waals surface area contributed by atoms with Crippen molar-refractivity contribution in [3.8, 4) is 5.75 Å². The Kier molecular flexibility index (Phi) is 1.82. The minimum atomic E-state index is 0.164. The summed E-state index contributed by atoms with van der Waals surface area (Å²) in [5, 5.41) is 0.656. The predicted octanol–water partition coefficient (Wildman–Crippen LogP) is 2.62. The van der Waals surface area contributed by atoms with E-state index in [0.717, 1.165) is 24.3 Å². The molecule has 1 aromatic carbocycles. The Morgan fingerprint density at radius 2 is 2.24 bits per heavy atom. The quantitative estimate of drug-likeness (QED) is 0.707. The van der Waals surface area contributed by atoms with Crippen molar-refractivity contribution < 1.29 is 9.53 Å². The van der Waals surface area contributed by atoms with Crippen LogP contribution in [0.15, 0.2) is 18.2 Å². The van der Waals surface area contributed by atoms with Crippen molar-refractivity contribution in [2.75, 3.05) is 4.90 Å². The van der Waals surface area contributed by atoms with Gasteiger partial charge in [0.25, 0.3) is 0 Å². The molecule has 1 saturated carbocycles. The number of rotatable bonds is 0. The number of carbonyl (C=O) groups is 1. The van der Waals surface area contributed by atoms with E-state index in [2.05, 4.69) is 0 Å². The number of carbonyl (C=O) groups excluding carboxylic acids is 1. The largest absolute Gasteiger partial charge is 0.486 e. The van der Waals surface area contributed by atoms with Crippen LogP contribution in [0, 0.1) is 5.92 Å². The molecule has 2 aliphatic heterocycles. The Bertz CT molecular complexity index is 516. The van der Waals surface area contributed by atoms with Gasteiger partial charge in [0.15, 0.2) is 0 Å². The number of benzene rings is 1. The van der Waals surface area contributed by atoms with Crippen LogP contribution >= 0.6 is 11.6 Å². The lowest BCUT2D eigenvalue weighted by molar-refractivity contribution is -0.117. The van der Waals surface area contributed by atoms with Gasteiger partial charge in [-0.2, -0.15) is 0 Å². The highest BCUT2D eigenvalue weighted by Crippen LogP contribution is 2.49. The molecule has 0 unspecified atom stereocenters. The zero-order valence-electron chi connectivity index (χ0n) is 9.23. The summed E-state index contributed by atoms with van der Waals surface area (Å²) in [6, 6.07) is 5.79. The third-order valence-corrected chi connectivity index (χ3v) is 4.38. The third kappa shape index (κ3) is 1.20. The van der Waals surface area contributed by atoms with Crippen molar-refractivity contribution in [2.24, 2.45) is 5.92 Å². The van der Waals surface area contributed by atoms with Gasteiger partial charge in [-0.15, -0.1) is 0 Å². The third-order valence-electron chi connectivity index (χ3n) is 4.15. The van der Waals surface area contributed by atoms with Gasteiger partial charge in [-0.05, 0) is 30.9 Å². The number of nitrogens with zero attached hydrogens (tertiary/aromatic N) is 1. The van der Waals surface area contributed by atoms with Gasteiger partial charge in [-0.25, -0.2) is 0 Å². The maximum Gasteiger partial charge on any atom is 0.227 e. The average molecular weight is 250 g/mol. The summed E-state index contributed by atoms with van der Waals surface area (Å²) in [5.74, 6) is 1.47. The van der Waals surface area contributed by atoms with Crippen LogP contribution in [0.5, 0.6) is 5.75 Å². The molecular formula is C13H12ClNO2. The maximum absolute atomic E-state index is 12.1. The minimum absolute atomic E-state index is 0.164. The Labute approximate surface area is 104 Å². The van der Waals surface area contributed by atoms with E-state index in [-0.39, 0.29) is 18.1 Å². The monoisotopic (exact) mass is 249 g/mol. The number of hydrogen-bond donors (Lipinski definition) is 0. The Balaban J connectivity index is 1.89. The topological polar surface area (TPSA) is 29.5 Å². The van der Waals surface area contributed by atoms with Crippen molar-refractivity contribution in [3.05, 3.63) is 23.2 Å². The summed E-state index contributed by atoms with van der Waals surface area (Å²) in [5.41, 5.74) is 0.894. The van der Waals surface area contributed by atoms with Crippen LogP contribution in [-0.2, 0) is 4.79 Å². The molecule has 2 heterocycles. The molecule has 3 aliphatic rings. The Morgan fingerprint density at radius 3 is 3.12 bits per heavy atom. The van der Waals surface area contributed by atoms with Crippen molar-refractivity contribution in [3.63, 3.8) is 0 Å². The van der Waals surface area contributed by atoms with E-state index in [4.69, 9.17) is 16.3 Å². The number of amides is 1. The van der Waals surface area contributed by atoms with Gasteiger partial charge in [0.2, 0.25) is 5.91 Å². The number of fused-ring (bicyclic) bond motifs is 2. The Morgan fingerprint density at radius 1 is 1.35 bits per heavy atom. The summed E-state index contributed by atoms with van der Waals surface area (Å²) >= 11 is 5.97. The van der Waals surface area contributed by atoms with E-state index in [9.17, 15) is 4.79 Å². The molecule has 0 radical (unpaired) electrons. The zero-order chi connectivity index (χ0) is 11.6. The summed E-state index contributed by atoms with van der Waals surface area (Å²) in [4.78, 5) is 14.0. The predicted molar refractivity (Wildman–Crippen MR) is 64.5 cm³/mol. The first kappa shape index (κ1) is 9.77. The number of hydrogen-bond acceptors (Lipinski definition) is 2. The molecule has 0 N–H and O–H groups in total. The Hall–Kier alpha value is -1.22. The van der Waals surface area contributed by atoms with Crippen molar-refractivity contribution >= 4 is 23.2 Å². The van der Waals surface area contributed by atoms with E-state index >= 15 is 0 Å². The molecule has 1 aliphatic carbocycles. The van der Waals surface area contributed by atoms with Crippen LogP contribution < -0.4 is 9.64 Å². The summed E-state index contributed by atoms with van der Waals surface area (Å²) < 4.78 is 5.99. The fourth-order valence-electron chi connectivity index (χ4n) is 3.48. The second-order valence-corrected chi connectivity index (χ2v) is 5.50. The van der Waals surface area contributed by atoms with E-state index in [1.165, 1.54) is 0 Å². The molecule has 3 nitrogen and oxygen atoms in total. The van der Waals surface area contributed by atoms with Crippen LogP contribution in [0.4, 0.5) is 5.69 Å². The van der Waals surface area contributed by atoms with Crippen LogP contribution in [0.25, 0.3) is 0 Å². The van der Waals surface area contributed by atoms with Crippen molar-refractivity contribution in [1.29, 1.82) is 0 Å².